The number of fused-ring (bicyclic) bond motifs is 1. The van der Waals surface area contributed by atoms with Gasteiger partial charge in [-0.2, -0.15) is 0 Å². The first-order valence-electron chi connectivity index (χ1n) is 7.90. The lowest BCUT2D eigenvalue weighted by Crippen LogP contribution is -2.11. The van der Waals surface area contributed by atoms with Crippen LogP contribution in [0.3, 0.4) is 0 Å². The van der Waals surface area contributed by atoms with Gasteiger partial charge in [0.25, 0.3) is 0 Å². The molecule has 0 bridgehead atoms. The molecule has 0 aliphatic rings. The Labute approximate surface area is 146 Å². The van der Waals surface area contributed by atoms with Gasteiger partial charge in [-0.15, -0.1) is 0 Å². The number of esters is 1. The van der Waals surface area contributed by atoms with E-state index in [0.717, 1.165) is 27.7 Å². The Morgan fingerprint density at radius 3 is 2.54 bits per heavy atom. The van der Waals surface area contributed by atoms with Gasteiger partial charge in [-0.3, -0.25) is 4.79 Å². The summed E-state index contributed by atoms with van der Waals surface area (Å²) in [6.07, 6.45) is 0.292. The molecule has 3 aromatic rings. The molecule has 0 fully saturated rings. The first kappa shape index (κ1) is 16.6. The highest BCUT2D eigenvalue weighted by Gasteiger charge is 2.24. The molecule has 1 atom stereocenters. The third-order valence-corrected chi connectivity index (χ3v) is 4.66. The minimum atomic E-state index is -0.226. The maximum atomic E-state index is 12.0. The number of methoxy groups -OCH3 is 1. The third-order valence-electron chi connectivity index (χ3n) is 4.42. The number of hydrogen-bond acceptors (Lipinski definition) is 2. The van der Waals surface area contributed by atoms with Gasteiger partial charge < -0.3 is 9.72 Å². The number of nitrogens with one attached hydrogen (secondary N) is 1. The van der Waals surface area contributed by atoms with E-state index >= 15 is 0 Å². The summed E-state index contributed by atoms with van der Waals surface area (Å²) >= 11 is 6.20. The molecule has 1 unspecified atom stereocenters. The second-order valence-electron chi connectivity index (χ2n) is 6.10. The summed E-state index contributed by atoms with van der Waals surface area (Å²) < 4.78 is 4.92. The molecular weight excluding hydrogens is 322 g/mol. The lowest BCUT2D eigenvalue weighted by Gasteiger charge is -2.18. The number of carbonyl (C=O) groups is 1. The Hall–Kier alpha value is -2.26. The molecular formula is C20H20ClNO2. The van der Waals surface area contributed by atoms with E-state index in [9.17, 15) is 4.79 Å². The van der Waals surface area contributed by atoms with Gasteiger partial charge in [-0.25, -0.2) is 0 Å². The molecule has 0 spiro atoms. The van der Waals surface area contributed by atoms with Crippen LogP contribution in [0.2, 0.25) is 5.02 Å². The fourth-order valence-corrected chi connectivity index (χ4v) is 3.38. The molecule has 0 aliphatic carbocycles. The number of aromatic nitrogens is 1. The minimum absolute atomic E-state index is 0.0785. The molecule has 0 aliphatic heterocycles. The van der Waals surface area contributed by atoms with E-state index in [0.29, 0.717) is 11.4 Å². The van der Waals surface area contributed by atoms with Crippen LogP contribution in [0.1, 0.15) is 34.7 Å². The molecule has 0 saturated carbocycles. The lowest BCUT2D eigenvalue weighted by atomic mass is 9.86. The van der Waals surface area contributed by atoms with Crippen molar-refractivity contribution in [2.24, 2.45) is 0 Å². The van der Waals surface area contributed by atoms with Crippen LogP contribution >= 0.6 is 11.6 Å². The number of ether oxygens (including phenoxy) is 1. The van der Waals surface area contributed by atoms with Crippen LogP contribution in [0.5, 0.6) is 0 Å². The molecule has 4 heteroatoms. The third kappa shape index (κ3) is 3.17. The average Bonchev–Trinajstić information content (AvgIpc) is 2.88. The predicted molar refractivity (Wildman–Crippen MR) is 97.7 cm³/mol. The highest BCUT2D eigenvalue weighted by atomic mass is 35.5. The van der Waals surface area contributed by atoms with Gasteiger partial charge in [0.1, 0.15) is 0 Å². The van der Waals surface area contributed by atoms with E-state index in [-0.39, 0.29) is 11.9 Å². The van der Waals surface area contributed by atoms with Gasteiger partial charge in [0, 0.05) is 27.5 Å². The summed E-state index contributed by atoms with van der Waals surface area (Å²) in [4.78, 5) is 15.4. The van der Waals surface area contributed by atoms with Crippen molar-refractivity contribution in [1.82, 2.24) is 4.98 Å². The van der Waals surface area contributed by atoms with E-state index in [1.54, 1.807) is 0 Å². The monoisotopic (exact) mass is 341 g/mol. The van der Waals surface area contributed by atoms with Crippen LogP contribution in [0.25, 0.3) is 10.9 Å². The van der Waals surface area contributed by atoms with Crippen LogP contribution in [-0.2, 0) is 9.53 Å². The van der Waals surface area contributed by atoms with Crippen molar-refractivity contribution >= 4 is 28.5 Å². The largest absolute Gasteiger partial charge is 0.469 e. The number of halogens is 1. The van der Waals surface area contributed by atoms with Crippen LogP contribution in [0.4, 0.5) is 0 Å². The summed E-state index contributed by atoms with van der Waals surface area (Å²) in [6, 6.07) is 14.1. The van der Waals surface area contributed by atoms with E-state index in [1.807, 2.05) is 25.1 Å². The fraction of sp³-hybridized carbons (Fsp3) is 0.250. The molecule has 1 heterocycles. The Kier molecular flexibility index (Phi) is 4.63. The van der Waals surface area contributed by atoms with E-state index < -0.39 is 0 Å². The SMILES string of the molecule is COC(=O)CC(c1ccc(C)cc1)c1c(C)[nH]c2ccc(Cl)cc12. The highest BCUT2D eigenvalue weighted by Crippen LogP contribution is 2.37. The molecule has 2 aromatic carbocycles. The summed E-state index contributed by atoms with van der Waals surface area (Å²) in [5.74, 6) is -0.304. The Balaban J connectivity index is 2.18. The maximum Gasteiger partial charge on any atom is 0.306 e. The maximum absolute atomic E-state index is 12.0. The Bertz CT molecular complexity index is 881. The molecule has 3 nitrogen and oxygen atoms in total. The number of benzene rings is 2. The summed E-state index contributed by atoms with van der Waals surface area (Å²) in [7, 11) is 1.42. The van der Waals surface area contributed by atoms with Crippen molar-refractivity contribution in [1.29, 1.82) is 0 Å². The second kappa shape index (κ2) is 6.70. The van der Waals surface area contributed by atoms with E-state index in [2.05, 4.69) is 36.2 Å². The average molecular weight is 342 g/mol. The zero-order valence-electron chi connectivity index (χ0n) is 14.0. The summed E-state index contributed by atoms with van der Waals surface area (Å²) in [5, 5.41) is 1.73. The van der Waals surface area contributed by atoms with Gasteiger partial charge >= 0.3 is 5.97 Å². The number of rotatable bonds is 4. The van der Waals surface area contributed by atoms with Crippen molar-refractivity contribution in [3.63, 3.8) is 0 Å². The van der Waals surface area contributed by atoms with E-state index in [4.69, 9.17) is 16.3 Å². The number of carbonyl (C=O) groups excluding carboxylic acids is 1. The molecule has 3 rings (SSSR count). The van der Waals surface area contributed by atoms with Crippen molar-refractivity contribution in [2.75, 3.05) is 7.11 Å². The minimum Gasteiger partial charge on any atom is -0.469 e. The topological polar surface area (TPSA) is 42.1 Å². The molecule has 1 aromatic heterocycles. The quantitative estimate of drug-likeness (QED) is 0.668. The van der Waals surface area contributed by atoms with Crippen LogP contribution in [-0.4, -0.2) is 18.1 Å². The lowest BCUT2D eigenvalue weighted by molar-refractivity contribution is -0.140. The molecule has 24 heavy (non-hydrogen) atoms. The number of hydrogen-bond donors (Lipinski definition) is 1. The Morgan fingerprint density at radius 2 is 1.88 bits per heavy atom. The smallest absolute Gasteiger partial charge is 0.306 e. The first-order chi connectivity index (χ1) is 11.5. The first-order valence-corrected chi connectivity index (χ1v) is 8.28. The van der Waals surface area contributed by atoms with Crippen LogP contribution in [0, 0.1) is 13.8 Å². The normalized spacial score (nSPS) is 12.3. The van der Waals surface area contributed by atoms with Gasteiger partial charge in [-0.1, -0.05) is 41.4 Å². The van der Waals surface area contributed by atoms with Crippen LogP contribution in [0.15, 0.2) is 42.5 Å². The van der Waals surface area contributed by atoms with Gasteiger partial charge in [0.05, 0.1) is 13.5 Å². The predicted octanol–water partition coefficient (Wildman–Crippen LogP) is 5.13. The zero-order chi connectivity index (χ0) is 17.3. The van der Waals surface area contributed by atoms with Crippen molar-refractivity contribution in [3.8, 4) is 0 Å². The molecule has 0 saturated heterocycles. The van der Waals surface area contributed by atoms with Crippen molar-refractivity contribution in [2.45, 2.75) is 26.2 Å². The van der Waals surface area contributed by atoms with Gasteiger partial charge in [0.2, 0.25) is 0 Å². The fourth-order valence-electron chi connectivity index (χ4n) is 3.20. The van der Waals surface area contributed by atoms with Gasteiger partial charge in [0.15, 0.2) is 0 Å². The van der Waals surface area contributed by atoms with E-state index in [1.165, 1.54) is 12.7 Å². The van der Waals surface area contributed by atoms with Gasteiger partial charge in [-0.05, 0) is 43.2 Å². The highest BCUT2D eigenvalue weighted by molar-refractivity contribution is 6.31. The molecule has 0 amide bonds. The number of aryl methyl sites for hydroxylation is 2. The Morgan fingerprint density at radius 1 is 1.17 bits per heavy atom. The standard InChI is InChI=1S/C20H20ClNO2/c1-12-4-6-14(7-5-12)16(11-19(23)24-3)20-13(2)22-18-9-8-15(21)10-17(18)20/h4-10,16,22H,11H2,1-3H3. The molecule has 124 valence electrons. The number of H-pyrrole nitrogens is 1. The molecule has 0 radical (unpaired) electrons. The molecule has 1 N–H and O–H groups in total. The van der Waals surface area contributed by atoms with Crippen molar-refractivity contribution < 1.29 is 9.53 Å². The summed E-state index contributed by atoms with van der Waals surface area (Å²) in [6.45, 7) is 4.08. The summed E-state index contributed by atoms with van der Waals surface area (Å²) in [5.41, 5.74) is 5.45. The zero-order valence-corrected chi connectivity index (χ0v) is 14.8. The number of aromatic amines is 1. The van der Waals surface area contributed by atoms with Crippen molar-refractivity contribution in [3.05, 3.63) is 69.9 Å². The van der Waals surface area contributed by atoms with Crippen LogP contribution < -0.4 is 0 Å². The second-order valence-corrected chi connectivity index (χ2v) is 6.53.